The molecule has 2 heterocycles. The van der Waals surface area contributed by atoms with E-state index in [1.54, 1.807) is 35.5 Å². The number of aryl methyl sites for hydroxylation is 1. The van der Waals surface area contributed by atoms with Crippen LogP contribution in [-0.2, 0) is 9.59 Å². The van der Waals surface area contributed by atoms with E-state index < -0.39 is 17.7 Å². The first kappa shape index (κ1) is 24.5. The molecule has 1 fully saturated rings. The van der Waals surface area contributed by atoms with Gasteiger partial charge in [-0.2, -0.15) is 0 Å². The van der Waals surface area contributed by atoms with Gasteiger partial charge in [-0.25, -0.2) is 0 Å². The summed E-state index contributed by atoms with van der Waals surface area (Å²) in [7, 11) is 3.92. The maximum Gasteiger partial charge on any atom is 0.295 e. The van der Waals surface area contributed by atoms with Crippen LogP contribution in [0, 0.1) is 12.8 Å². The third-order valence-electron chi connectivity index (χ3n) is 5.58. The molecule has 1 N–H and O–H groups in total. The fourth-order valence-corrected chi connectivity index (χ4v) is 3.95. The van der Waals surface area contributed by atoms with Gasteiger partial charge in [0.2, 0.25) is 0 Å². The summed E-state index contributed by atoms with van der Waals surface area (Å²) in [6, 6.07) is 8.25. The zero-order valence-electron chi connectivity index (χ0n) is 20.0. The van der Waals surface area contributed by atoms with Crippen molar-refractivity contribution in [2.24, 2.45) is 5.92 Å². The molecule has 1 aromatic carbocycles. The number of hydrogen-bond donors (Lipinski definition) is 1. The standard InChI is InChI=1S/C26H33N3O4/c1-17(2)16-33-20-9-10-21(18(3)14-20)24(30)22-23(19-8-6-11-27-15-19)29(26(32)25(22)31)13-7-12-28(4)5/h6,8-11,14-15,17,23,30H,7,12-13,16H2,1-5H3/b24-22+. The molecule has 0 saturated carbocycles. The van der Waals surface area contributed by atoms with Crippen LogP contribution in [0.25, 0.3) is 5.76 Å². The Morgan fingerprint density at radius 1 is 1.24 bits per heavy atom. The number of carbonyl (C=O) groups is 2. The van der Waals surface area contributed by atoms with E-state index in [4.69, 9.17) is 4.74 Å². The molecule has 0 aliphatic carbocycles. The monoisotopic (exact) mass is 451 g/mol. The van der Waals surface area contributed by atoms with Crippen LogP contribution < -0.4 is 4.74 Å². The minimum atomic E-state index is -0.683. The van der Waals surface area contributed by atoms with Gasteiger partial charge in [-0.1, -0.05) is 19.9 Å². The Labute approximate surface area is 195 Å². The molecule has 7 heteroatoms. The molecular formula is C26H33N3O4. The number of Topliss-reactive ketones (excluding diaryl/α,β-unsaturated/α-hetero) is 1. The number of nitrogens with zero attached hydrogens (tertiary/aromatic N) is 3. The number of hydrogen-bond acceptors (Lipinski definition) is 6. The Bertz CT molecular complexity index is 1030. The molecule has 1 aromatic heterocycles. The summed E-state index contributed by atoms with van der Waals surface area (Å²) in [4.78, 5) is 33.8. The van der Waals surface area contributed by atoms with Crippen molar-refractivity contribution in [1.29, 1.82) is 0 Å². The van der Waals surface area contributed by atoms with Crippen molar-refractivity contribution in [3.8, 4) is 5.75 Å². The average molecular weight is 452 g/mol. The fraction of sp³-hybridized carbons (Fsp3) is 0.423. The van der Waals surface area contributed by atoms with Crippen molar-refractivity contribution in [2.75, 3.05) is 33.8 Å². The number of ketones is 1. The largest absolute Gasteiger partial charge is 0.507 e. The molecule has 1 unspecified atom stereocenters. The highest BCUT2D eigenvalue weighted by Crippen LogP contribution is 2.40. The lowest BCUT2D eigenvalue weighted by molar-refractivity contribution is -0.139. The van der Waals surface area contributed by atoms with Crippen molar-refractivity contribution in [3.63, 3.8) is 0 Å². The number of aliphatic hydroxyl groups excluding tert-OH is 1. The second-order valence-electron chi connectivity index (χ2n) is 9.12. The third-order valence-corrected chi connectivity index (χ3v) is 5.58. The van der Waals surface area contributed by atoms with E-state index in [1.165, 1.54) is 0 Å². The molecule has 3 rings (SSSR count). The van der Waals surface area contributed by atoms with Gasteiger partial charge in [0.15, 0.2) is 0 Å². The first-order valence-corrected chi connectivity index (χ1v) is 11.3. The molecule has 2 aromatic rings. The molecule has 0 spiro atoms. The van der Waals surface area contributed by atoms with Gasteiger partial charge in [-0.15, -0.1) is 0 Å². The number of benzene rings is 1. The molecule has 176 valence electrons. The van der Waals surface area contributed by atoms with Crippen LogP contribution in [0.1, 0.15) is 43.0 Å². The topological polar surface area (TPSA) is 83.0 Å². The van der Waals surface area contributed by atoms with Crippen molar-refractivity contribution in [1.82, 2.24) is 14.8 Å². The van der Waals surface area contributed by atoms with E-state index in [-0.39, 0.29) is 11.3 Å². The third kappa shape index (κ3) is 5.60. The number of amides is 1. The lowest BCUT2D eigenvalue weighted by atomic mass is 9.94. The summed E-state index contributed by atoms with van der Waals surface area (Å²) in [5.41, 5.74) is 2.05. The molecular weight excluding hydrogens is 418 g/mol. The number of likely N-dealkylation sites (tertiary alicyclic amines) is 1. The van der Waals surface area contributed by atoms with Gasteiger partial charge in [0.05, 0.1) is 18.2 Å². The number of pyridine rings is 1. The van der Waals surface area contributed by atoms with E-state index in [0.717, 1.165) is 12.1 Å². The van der Waals surface area contributed by atoms with Crippen molar-refractivity contribution in [3.05, 3.63) is 65.0 Å². The van der Waals surface area contributed by atoms with Crippen LogP contribution in [0.4, 0.5) is 0 Å². The Balaban J connectivity index is 2.02. The van der Waals surface area contributed by atoms with Gasteiger partial charge < -0.3 is 19.6 Å². The van der Waals surface area contributed by atoms with Crippen LogP contribution >= 0.6 is 0 Å². The van der Waals surface area contributed by atoms with E-state index in [0.29, 0.717) is 42.4 Å². The molecule has 1 amide bonds. The minimum Gasteiger partial charge on any atom is -0.507 e. The quantitative estimate of drug-likeness (QED) is 0.355. The number of aliphatic hydroxyl groups is 1. The summed E-state index contributed by atoms with van der Waals surface area (Å²) in [6.07, 6.45) is 3.98. The number of ether oxygens (including phenoxy) is 1. The molecule has 0 bridgehead atoms. The molecule has 1 aliphatic heterocycles. The van der Waals surface area contributed by atoms with Crippen molar-refractivity contribution in [2.45, 2.75) is 33.2 Å². The average Bonchev–Trinajstić information content (AvgIpc) is 3.02. The first-order valence-electron chi connectivity index (χ1n) is 11.3. The van der Waals surface area contributed by atoms with Gasteiger partial charge in [-0.3, -0.25) is 14.6 Å². The van der Waals surface area contributed by atoms with Gasteiger partial charge in [-0.05, 0) is 75.3 Å². The zero-order chi connectivity index (χ0) is 24.1. The maximum atomic E-state index is 13.1. The van der Waals surface area contributed by atoms with Crippen LogP contribution in [-0.4, -0.2) is 65.4 Å². The smallest absolute Gasteiger partial charge is 0.295 e. The molecule has 1 atom stereocenters. The first-order chi connectivity index (χ1) is 15.7. The normalized spacial score (nSPS) is 17.9. The number of carbonyl (C=O) groups excluding carboxylic acids is 2. The van der Waals surface area contributed by atoms with Crippen LogP contribution in [0.5, 0.6) is 5.75 Å². The van der Waals surface area contributed by atoms with Gasteiger partial charge in [0, 0.05) is 24.5 Å². The summed E-state index contributed by atoms with van der Waals surface area (Å²) in [5, 5.41) is 11.3. The molecule has 1 saturated heterocycles. The predicted octanol–water partition coefficient (Wildman–Crippen LogP) is 3.80. The summed E-state index contributed by atoms with van der Waals surface area (Å²) in [6.45, 7) is 7.76. The minimum absolute atomic E-state index is 0.0943. The maximum absolute atomic E-state index is 13.1. The van der Waals surface area contributed by atoms with Crippen molar-refractivity contribution >= 4 is 17.4 Å². The summed E-state index contributed by atoms with van der Waals surface area (Å²) >= 11 is 0. The highest BCUT2D eigenvalue weighted by atomic mass is 16.5. The van der Waals surface area contributed by atoms with E-state index >= 15 is 0 Å². The highest BCUT2D eigenvalue weighted by Gasteiger charge is 2.46. The summed E-state index contributed by atoms with van der Waals surface area (Å²) in [5.74, 6) is -0.360. The van der Waals surface area contributed by atoms with Crippen molar-refractivity contribution < 1.29 is 19.4 Å². The van der Waals surface area contributed by atoms with E-state index in [1.807, 2.05) is 38.1 Å². The molecule has 33 heavy (non-hydrogen) atoms. The lowest BCUT2D eigenvalue weighted by Crippen LogP contribution is -2.32. The SMILES string of the molecule is Cc1cc(OCC(C)C)ccc1/C(O)=C1\C(=O)C(=O)N(CCCN(C)C)C1c1cccnc1. The van der Waals surface area contributed by atoms with Crippen LogP contribution in [0.2, 0.25) is 0 Å². The van der Waals surface area contributed by atoms with Gasteiger partial charge in [0.1, 0.15) is 11.5 Å². The van der Waals surface area contributed by atoms with E-state index in [2.05, 4.69) is 18.8 Å². The highest BCUT2D eigenvalue weighted by molar-refractivity contribution is 6.46. The van der Waals surface area contributed by atoms with Gasteiger partial charge >= 0.3 is 0 Å². The Morgan fingerprint density at radius 2 is 2.00 bits per heavy atom. The Kier molecular flexibility index (Phi) is 7.87. The summed E-state index contributed by atoms with van der Waals surface area (Å²) < 4.78 is 5.78. The second kappa shape index (κ2) is 10.6. The number of aromatic nitrogens is 1. The fourth-order valence-electron chi connectivity index (χ4n) is 3.95. The molecule has 0 radical (unpaired) electrons. The lowest BCUT2D eigenvalue weighted by Gasteiger charge is -2.25. The Hall–Kier alpha value is -3.19. The van der Waals surface area contributed by atoms with E-state index in [9.17, 15) is 14.7 Å². The predicted molar refractivity (Wildman–Crippen MR) is 128 cm³/mol. The van der Waals surface area contributed by atoms with Crippen LogP contribution in [0.15, 0.2) is 48.3 Å². The Morgan fingerprint density at radius 3 is 2.61 bits per heavy atom. The second-order valence-corrected chi connectivity index (χ2v) is 9.12. The zero-order valence-corrected chi connectivity index (χ0v) is 20.0. The molecule has 7 nitrogen and oxygen atoms in total. The number of rotatable bonds is 9. The molecule has 1 aliphatic rings. The van der Waals surface area contributed by atoms with Gasteiger partial charge in [0.25, 0.3) is 11.7 Å². The van der Waals surface area contributed by atoms with Crippen LogP contribution in [0.3, 0.4) is 0 Å².